The number of piperazine rings is 1. The zero-order valence-electron chi connectivity index (χ0n) is 20.4. The molecular formula is C23H34N6O4S. The first-order chi connectivity index (χ1) is 16.3. The van der Waals surface area contributed by atoms with Crippen LogP contribution in [0, 0.1) is 6.92 Å². The number of ketones is 1. The molecule has 1 fully saturated rings. The Balaban J connectivity index is 1.69. The molecule has 34 heavy (non-hydrogen) atoms. The van der Waals surface area contributed by atoms with Crippen molar-refractivity contribution in [3.63, 3.8) is 0 Å². The maximum absolute atomic E-state index is 13.4. The van der Waals surface area contributed by atoms with Gasteiger partial charge in [0.05, 0.1) is 17.2 Å². The first kappa shape index (κ1) is 24.5. The zero-order chi connectivity index (χ0) is 24.5. The number of carbonyl (C=O) groups excluding carboxylic acids is 1. The lowest BCUT2D eigenvalue weighted by atomic mass is 10.2. The molecule has 186 valence electrons. The Morgan fingerprint density at radius 3 is 2.50 bits per heavy atom. The van der Waals surface area contributed by atoms with Crippen molar-refractivity contribution >= 4 is 21.5 Å². The van der Waals surface area contributed by atoms with Crippen molar-refractivity contribution in [1.82, 2.24) is 18.9 Å². The molecule has 0 atom stereocenters. The Morgan fingerprint density at radius 1 is 1.12 bits per heavy atom. The Labute approximate surface area is 201 Å². The van der Waals surface area contributed by atoms with Gasteiger partial charge in [-0.15, -0.1) is 0 Å². The smallest absolute Gasteiger partial charge is 0.243 e. The number of rotatable bonds is 8. The molecule has 4 rings (SSSR count). The maximum Gasteiger partial charge on any atom is 0.243 e. The third kappa shape index (κ3) is 4.51. The van der Waals surface area contributed by atoms with Gasteiger partial charge in [0.2, 0.25) is 15.8 Å². The number of carbonyl (C=O) groups is 1. The Kier molecular flexibility index (Phi) is 7.15. The van der Waals surface area contributed by atoms with Gasteiger partial charge in [-0.2, -0.15) is 4.31 Å². The third-order valence-corrected chi connectivity index (χ3v) is 8.21. The predicted octanol–water partition coefficient (Wildman–Crippen LogP) is 2.03. The van der Waals surface area contributed by atoms with Gasteiger partial charge in [-0.25, -0.2) is 23.6 Å². The normalized spacial score (nSPS) is 17.5. The summed E-state index contributed by atoms with van der Waals surface area (Å²) >= 11 is 0. The number of nitrogens with one attached hydrogen (secondary N) is 1. The second-order valence-corrected chi connectivity index (χ2v) is 10.5. The number of benzene rings is 1. The van der Waals surface area contributed by atoms with E-state index >= 15 is 0 Å². The van der Waals surface area contributed by atoms with Gasteiger partial charge >= 0.3 is 0 Å². The average Bonchev–Trinajstić information content (AvgIpc) is 3.15. The summed E-state index contributed by atoms with van der Waals surface area (Å²) in [4.78, 5) is 20.0. The van der Waals surface area contributed by atoms with Crippen molar-refractivity contribution < 1.29 is 17.9 Å². The van der Waals surface area contributed by atoms with Gasteiger partial charge in [0.1, 0.15) is 29.5 Å². The standard InChI is InChI=1S/C23H34N6O4S/c1-5-8-22-24-17(4)23-20(30)16-28(25-29(22)23)19-15-18(9-10-21(19)33-7-3)34(31,32)27-13-11-26(6-2)12-14-27/h9-10,15,25H,5-8,11-14,16H2,1-4H3. The number of nitrogens with zero attached hydrogens (tertiary/aromatic N) is 5. The van der Waals surface area contributed by atoms with Gasteiger partial charge in [0.25, 0.3) is 0 Å². The number of hydrogen-bond acceptors (Lipinski definition) is 8. The number of imidazole rings is 1. The van der Waals surface area contributed by atoms with E-state index in [0.29, 0.717) is 62.0 Å². The molecular weight excluding hydrogens is 456 g/mol. The van der Waals surface area contributed by atoms with E-state index < -0.39 is 10.0 Å². The first-order valence-corrected chi connectivity index (χ1v) is 13.4. The number of likely N-dealkylation sites (N-methyl/N-ethyl adjacent to an activating group) is 1. The fraction of sp³-hybridized carbons (Fsp3) is 0.565. The SMILES string of the molecule is CCCc1nc(C)c2n1NN(c1cc(S(=O)(=O)N3CCN(CC)CC3)ccc1OCC)CC2=O. The molecule has 0 amide bonds. The van der Waals surface area contributed by atoms with E-state index in [0.717, 1.165) is 18.8 Å². The van der Waals surface area contributed by atoms with Gasteiger partial charge in [0, 0.05) is 32.6 Å². The second-order valence-electron chi connectivity index (χ2n) is 8.56. The summed E-state index contributed by atoms with van der Waals surface area (Å²) in [5.74, 6) is 1.19. The van der Waals surface area contributed by atoms with Crippen molar-refractivity contribution in [2.24, 2.45) is 0 Å². The minimum Gasteiger partial charge on any atom is -0.492 e. The van der Waals surface area contributed by atoms with Crippen LogP contribution in [0.15, 0.2) is 23.1 Å². The quantitative estimate of drug-likeness (QED) is 0.600. The molecule has 1 aromatic heterocycles. The minimum absolute atomic E-state index is 0.0385. The molecule has 1 aromatic carbocycles. The molecule has 11 heteroatoms. The van der Waals surface area contributed by atoms with Crippen molar-refractivity contribution in [2.75, 3.05) is 56.4 Å². The number of sulfonamides is 1. The van der Waals surface area contributed by atoms with E-state index in [2.05, 4.69) is 29.3 Å². The lowest BCUT2D eigenvalue weighted by Gasteiger charge is -2.34. The summed E-state index contributed by atoms with van der Waals surface area (Å²) in [6.45, 7) is 11.5. The summed E-state index contributed by atoms with van der Waals surface area (Å²) < 4.78 is 35.9. The molecule has 2 aliphatic rings. The highest BCUT2D eigenvalue weighted by molar-refractivity contribution is 7.89. The Morgan fingerprint density at radius 2 is 1.85 bits per heavy atom. The Bertz CT molecular complexity index is 1150. The monoisotopic (exact) mass is 490 g/mol. The molecule has 3 heterocycles. The van der Waals surface area contributed by atoms with Gasteiger partial charge in [-0.1, -0.05) is 13.8 Å². The molecule has 0 spiro atoms. The second kappa shape index (κ2) is 9.93. The van der Waals surface area contributed by atoms with Crippen molar-refractivity contribution in [2.45, 2.75) is 45.4 Å². The van der Waals surface area contributed by atoms with Crippen molar-refractivity contribution in [3.8, 4) is 5.75 Å². The maximum atomic E-state index is 13.4. The number of fused-ring (bicyclic) bond motifs is 1. The fourth-order valence-corrected chi connectivity index (χ4v) is 5.95. The predicted molar refractivity (Wildman–Crippen MR) is 130 cm³/mol. The topological polar surface area (TPSA) is 100 Å². The highest BCUT2D eigenvalue weighted by Crippen LogP contribution is 2.33. The first-order valence-electron chi connectivity index (χ1n) is 11.9. The molecule has 0 bridgehead atoms. The van der Waals surface area contributed by atoms with E-state index in [9.17, 15) is 13.2 Å². The number of aromatic nitrogens is 2. The molecule has 1 saturated heterocycles. The lowest BCUT2D eigenvalue weighted by Crippen LogP contribution is -2.48. The van der Waals surface area contributed by atoms with Crippen LogP contribution in [-0.2, 0) is 16.4 Å². The Hall–Kier alpha value is -2.63. The summed E-state index contributed by atoms with van der Waals surface area (Å²) in [6, 6.07) is 4.85. The molecule has 0 radical (unpaired) electrons. The van der Waals surface area contributed by atoms with Crippen LogP contribution >= 0.6 is 0 Å². The number of anilines is 1. The molecule has 10 nitrogen and oxygen atoms in total. The van der Waals surface area contributed by atoms with E-state index in [1.54, 1.807) is 27.9 Å². The summed E-state index contributed by atoms with van der Waals surface area (Å²) in [5, 5.41) is 1.65. The molecule has 2 aromatic rings. The number of aryl methyl sites for hydroxylation is 2. The molecule has 2 aliphatic heterocycles. The summed E-state index contributed by atoms with van der Waals surface area (Å²) in [7, 11) is -3.68. The number of ether oxygens (including phenoxy) is 1. The van der Waals surface area contributed by atoms with Crippen LogP contribution < -0.4 is 15.3 Å². The van der Waals surface area contributed by atoms with E-state index in [1.807, 2.05) is 13.8 Å². The van der Waals surface area contributed by atoms with Gasteiger partial charge < -0.3 is 9.64 Å². The van der Waals surface area contributed by atoms with Gasteiger partial charge in [-0.3, -0.25) is 9.80 Å². The largest absolute Gasteiger partial charge is 0.492 e. The zero-order valence-corrected chi connectivity index (χ0v) is 21.2. The van der Waals surface area contributed by atoms with E-state index in [4.69, 9.17) is 4.74 Å². The van der Waals surface area contributed by atoms with E-state index in [-0.39, 0.29) is 17.2 Å². The average molecular weight is 491 g/mol. The van der Waals surface area contributed by atoms with Crippen LogP contribution in [0.25, 0.3) is 0 Å². The van der Waals surface area contributed by atoms with Gasteiger partial charge in [0.15, 0.2) is 0 Å². The molecule has 0 aliphatic carbocycles. The van der Waals surface area contributed by atoms with Gasteiger partial charge in [-0.05, 0) is 45.0 Å². The van der Waals surface area contributed by atoms with Crippen LogP contribution in [0.2, 0.25) is 0 Å². The van der Waals surface area contributed by atoms with Crippen LogP contribution in [0.1, 0.15) is 49.2 Å². The van der Waals surface area contributed by atoms with Crippen LogP contribution in [0.3, 0.4) is 0 Å². The highest BCUT2D eigenvalue weighted by atomic mass is 32.2. The number of hydrogen-bond donors (Lipinski definition) is 1. The number of Topliss-reactive ketones (excluding diaryl/α,β-unsaturated/α-hetero) is 1. The van der Waals surface area contributed by atoms with E-state index in [1.165, 1.54) is 4.31 Å². The third-order valence-electron chi connectivity index (χ3n) is 6.32. The summed E-state index contributed by atoms with van der Waals surface area (Å²) in [6.07, 6.45) is 1.60. The fourth-order valence-electron chi connectivity index (χ4n) is 4.51. The van der Waals surface area contributed by atoms with Crippen LogP contribution in [0.5, 0.6) is 5.75 Å². The lowest BCUT2D eigenvalue weighted by molar-refractivity contribution is 0.0982. The van der Waals surface area contributed by atoms with Crippen molar-refractivity contribution in [1.29, 1.82) is 0 Å². The molecule has 0 saturated carbocycles. The van der Waals surface area contributed by atoms with Crippen molar-refractivity contribution in [3.05, 3.63) is 35.4 Å². The molecule has 1 N–H and O–H groups in total. The number of hydrazine groups is 1. The molecule has 0 unspecified atom stereocenters. The van der Waals surface area contributed by atoms with Crippen LogP contribution in [-0.4, -0.2) is 78.9 Å². The van der Waals surface area contributed by atoms with Crippen LogP contribution in [0.4, 0.5) is 5.69 Å². The minimum atomic E-state index is -3.68. The summed E-state index contributed by atoms with van der Waals surface area (Å²) in [5.41, 5.74) is 4.99. The highest BCUT2D eigenvalue weighted by Gasteiger charge is 2.32.